The molecule has 0 amide bonds. The van der Waals surface area contributed by atoms with Gasteiger partial charge < -0.3 is 20.4 Å². The summed E-state index contributed by atoms with van der Waals surface area (Å²) in [4.78, 5) is 2.24. The Balaban J connectivity index is 2.17. The van der Waals surface area contributed by atoms with Gasteiger partial charge in [0, 0.05) is 12.1 Å². The smallest absolute Gasteiger partial charge is 0.0897 e. The van der Waals surface area contributed by atoms with Crippen molar-refractivity contribution in [1.29, 1.82) is 0 Å². The van der Waals surface area contributed by atoms with Crippen molar-refractivity contribution in [2.24, 2.45) is 5.92 Å². The fraction of sp³-hybridized carbons (Fsp3) is 1.00. The van der Waals surface area contributed by atoms with Crippen LogP contribution >= 0.6 is 0 Å². The van der Waals surface area contributed by atoms with Gasteiger partial charge in [-0.05, 0) is 59.2 Å². The van der Waals surface area contributed by atoms with E-state index < -0.39 is 6.10 Å². The Morgan fingerprint density at radius 3 is 2.35 bits per heavy atom. The minimum absolute atomic E-state index is 0.133. The molecule has 1 heterocycles. The van der Waals surface area contributed by atoms with E-state index in [2.05, 4.69) is 31.0 Å². The average molecular weight is 244 g/mol. The second-order valence-electron chi connectivity index (χ2n) is 6.21. The van der Waals surface area contributed by atoms with Gasteiger partial charge in [-0.2, -0.15) is 0 Å². The molecule has 1 saturated heterocycles. The van der Waals surface area contributed by atoms with E-state index in [-0.39, 0.29) is 12.1 Å². The molecule has 0 aromatic carbocycles. The molecular formula is C13H28N2O2. The van der Waals surface area contributed by atoms with Crippen LogP contribution in [0.25, 0.3) is 0 Å². The van der Waals surface area contributed by atoms with Crippen LogP contribution < -0.4 is 5.32 Å². The maximum Gasteiger partial charge on any atom is 0.0897 e. The summed E-state index contributed by atoms with van der Waals surface area (Å²) in [5, 5.41) is 21.7. The first-order valence-corrected chi connectivity index (χ1v) is 6.67. The zero-order chi connectivity index (χ0) is 12.9. The van der Waals surface area contributed by atoms with Crippen LogP contribution in [0.2, 0.25) is 0 Å². The van der Waals surface area contributed by atoms with Crippen LogP contribution in [0.5, 0.6) is 0 Å². The second-order valence-corrected chi connectivity index (χ2v) is 6.21. The SMILES string of the molecule is CC(C)(C)NCC1CCN(CC(O)CO)CC1. The van der Waals surface area contributed by atoms with Gasteiger partial charge in [-0.1, -0.05) is 0 Å². The maximum atomic E-state index is 9.38. The van der Waals surface area contributed by atoms with Gasteiger partial charge in [-0.25, -0.2) is 0 Å². The molecule has 0 aliphatic carbocycles. The monoisotopic (exact) mass is 244 g/mol. The van der Waals surface area contributed by atoms with E-state index in [9.17, 15) is 5.11 Å². The molecule has 4 nitrogen and oxygen atoms in total. The third kappa shape index (κ3) is 6.36. The lowest BCUT2D eigenvalue weighted by molar-refractivity contribution is 0.0470. The van der Waals surface area contributed by atoms with Crippen LogP contribution in [0.4, 0.5) is 0 Å². The molecule has 0 aromatic rings. The molecule has 1 aliphatic heterocycles. The Morgan fingerprint density at radius 1 is 1.29 bits per heavy atom. The lowest BCUT2D eigenvalue weighted by Crippen LogP contribution is -2.44. The highest BCUT2D eigenvalue weighted by Gasteiger charge is 2.21. The number of piperidine rings is 1. The van der Waals surface area contributed by atoms with E-state index in [0.29, 0.717) is 6.54 Å². The predicted octanol–water partition coefficient (Wildman–Crippen LogP) is 0.440. The van der Waals surface area contributed by atoms with Gasteiger partial charge in [-0.3, -0.25) is 0 Å². The largest absolute Gasteiger partial charge is 0.394 e. The first kappa shape index (κ1) is 14.9. The van der Waals surface area contributed by atoms with Gasteiger partial charge in [0.1, 0.15) is 0 Å². The van der Waals surface area contributed by atoms with Crippen LogP contribution in [0, 0.1) is 5.92 Å². The predicted molar refractivity (Wildman–Crippen MR) is 70.0 cm³/mol. The van der Waals surface area contributed by atoms with E-state index in [1.54, 1.807) is 0 Å². The van der Waals surface area contributed by atoms with Crippen molar-refractivity contribution in [3.05, 3.63) is 0 Å². The van der Waals surface area contributed by atoms with Crippen LogP contribution in [-0.2, 0) is 0 Å². The van der Waals surface area contributed by atoms with Crippen molar-refractivity contribution in [3.63, 3.8) is 0 Å². The van der Waals surface area contributed by atoms with Crippen molar-refractivity contribution < 1.29 is 10.2 Å². The molecule has 0 spiro atoms. The number of aliphatic hydroxyl groups is 2. The summed E-state index contributed by atoms with van der Waals surface area (Å²) in [6.07, 6.45) is 1.78. The molecule has 4 heteroatoms. The topological polar surface area (TPSA) is 55.7 Å². The lowest BCUT2D eigenvalue weighted by atomic mass is 9.95. The minimum atomic E-state index is -0.584. The number of hydrogen-bond donors (Lipinski definition) is 3. The van der Waals surface area contributed by atoms with E-state index in [4.69, 9.17) is 5.11 Å². The summed E-state index contributed by atoms with van der Waals surface area (Å²) < 4.78 is 0. The fourth-order valence-corrected chi connectivity index (χ4v) is 2.18. The molecule has 102 valence electrons. The molecule has 1 unspecified atom stereocenters. The van der Waals surface area contributed by atoms with Crippen molar-refractivity contribution >= 4 is 0 Å². The van der Waals surface area contributed by atoms with E-state index >= 15 is 0 Å². The van der Waals surface area contributed by atoms with Gasteiger partial charge in [-0.15, -0.1) is 0 Å². The zero-order valence-electron chi connectivity index (χ0n) is 11.4. The van der Waals surface area contributed by atoms with Gasteiger partial charge in [0.2, 0.25) is 0 Å². The number of likely N-dealkylation sites (tertiary alicyclic amines) is 1. The summed E-state index contributed by atoms with van der Waals surface area (Å²) in [7, 11) is 0. The minimum Gasteiger partial charge on any atom is -0.394 e. The maximum absolute atomic E-state index is 9.38. The van der Waals surface area contributed by atoms with Crippen LogP contribution in [0.15, 0.2) is 0 Å². The molecule has 0 saturated carbocycles. The molecule has 1 atom stereocenters. The Morgan fingerprint density at radius 2 is 1.88 bits per heavy atom. The highest BCUT2D eigenvalue weighted by Crippen LogP contribution is 2.17. The summed E-state index contributed by atoms with van der Waals surface area (Å²) in [5.74, 6) is 0.747. The summed E-state index contributed by atoms with van der Waals surface area (Å²) in [5.41, 5.74) is 0.199. The molecule has 17 heavy (non-hydrogen) atoms. The summed E-state index contributed by atoms with van der Waals surface area (Å²) in [6, 6.07) is 0. The van der Waals surface area contributed by atoms with Crippen molar-refractivity contribution in [2.75, 3.05) is 32.8 Å². The first-order valence-electron chi connectivity index (χ1n) is 6.67. The second kappa shape index (κ2) is 6.69. The number of hydrogen-bond acceptors (Lipinski definition) is 4. The number of nitrogens with one attached hydrogen (secondary N) is 1. The van der Waals surface area contributed by atoms with Gasteiger partial charge in [0.15, 0.2) is 0 Å². The molecule has 1 rings (SSSR count). The number of β-amino-alcohol motifs (C(OH)–C–C–N with tert-alkyl or cyclic N) is 1. The first-order chi connectivity index (χ1) is 7.90. The van der Waals surface area contributed by atoms with E-state index in [1.807, 2.05) is 0 Å². The number of rotatable bonds is 5. The van der Waals surface area contributed by atoms with Crippen LogP contribution in [-0.4, -0.2) is 59.5 Å². The molecule has 1 fully saturated rings. The Hall–Kier alpha value is -0.160. The Labute approximate surface area is 105 Å². The van der Waals surface area contributed by atoms with Gasteiger partial charge in [0.25, 0.3) is 0 Å². The third-order valence-electron chi connectivity index (χ3n) is 3.31. The van der Waals surface area contributed by atoms with Gasteiger partial charge in [0.05, 0.1) is 12.7 Å². The molecule has 0 bridgehead atoms. The molecule has 1 aliphatic rings. The molecule has 0 radical (unpaired) electrons. The van der Waals surface area contributed by atoms with Crippen LogP contribution in [0.3, 0.4) is 0 Å². The molecular weight excluding hydrogens is 216 g/mol. The lowest BCUT2D eigenvalue weighted by Gasteiger charge is -2.34. The van der Waals surface area contributed by atoms with Crippen molar-refractivity contribution in [2.45, 2.75) is 45.3 Å². The van der Waals surface area contributed by atoms with Crippen molar-refractivity contribution in [1.82, 2.24) is 10.2 Å². The molecule has 0 aromatic heterocycles. The highest BCUT2D eigenvalue weighted by atomic mass is 16.3. The van der Waals surface area contributed by atoms with E-state index in [0.717, 1.165) is 25.6 Å². The third-order valence-corrected chi connectivity index (χ3v) is 3.31. The Kier molecular flexibility index (Phi) is 5.86. The standard InChI is InChI=1S/C13H28N2O2/c1-13(2,3)14-8-11-4-6-15(7-5-11)9-12(17)10-16/h11-12,14,16-17H,4-10H2,1-3H3. The highest BCUT2D eigenvalue weighted by molar-refractivity contribution is 4.78. The van der Waals surface area contributed by atoms with E-state index in [1.165, 1.54) is 12.8 Å². The van der Waals surface area contributed by atoms with Gasteiger partial charge >= 0.3 is 0 Å². The normalized spacial score (nSPS) is 21.7. The molecule has 3 N–H and O–H groups in total. The summed E-state index contributed by atoms with van der Waals surface area (Å²) in [6.45, 7) is 10.2. The zero-order valence-corrected chi connectivity index (χ0v) is 11.4. The number of nitrogens with zero attached hydrogens (tertiary/aromatic N) is 1. The van der Waals surface area contributed by atoms with Crippen molar-refractivity contribution in [3.8, 4) is 0 Å². The van der Waals surface area contributed by atoms with Crippen LogP contribution in [0.1, 0.15) is 33.6 Å². The quantitative estimate of drug-likeness (QED) is 0.657. The fourth-order valence-electron chi connectivity index (χ4n) is 2.18. The number of aliphatic hydroxyl groups excluding tert-OH is 2. The Bertz CT molecular complexity index is 208. The summed E-state index contributed by atoms with van der Waals surface area (Å²) >= 11 is 0. The average Bonchev–Trinajstić information content (AvgIpc) is 2.27.